The fraction of sp³-hybridized carbons (Fsp3) is 0.562. The lowest BCUT2D eigenvalue weighted by molar-refractivity contribution is -0.135. The molecule has 1 N–H and O–H groups in total. The van der Waals surface area contributed by atoms with E-state index in [-0.39, 0.29) is 5.92 Å². The lowest BCUT2D eigenvalue weighted by Crippen LogP contribution is -2.52. The van der Waals surface area contributed by atoms with Gasteiger partial charge in [-0.15, -0.1) is 0 Å². The van der Waals surface area contributed by atoms with Crippen molar-refractivity contribution in [1.29, 1.82) is 0 Å². The maximum Gasteiger partial charge on any atom is 0.226 e. The van der Waals surface area contributed by atoms with E-state index in [0.717, 1.165) is 26.1 Å². The zero-order chi connectivity index (χ0) is 13.4. The van der Waals surface area contributed by atoms with Crippen molar-refractivity contribution in [3.8, 4) is 0 Å². The molecule has 3 heteroatoms. The fourth-order valence-electron chi connectivity index (χ4n) is 3.20. The molecule has 1 amide bonds. The van der Waals surface area contributed by atoms with Crippen LogP contribution >= 0.6 is 0 Å². The number of carbonyl (C=O) groups is 1. The maximum absolute atomic E-state index is 12.6. The third-order valence-corrected chi connectivity index (χ3v) is 4.48. The van der Waals surface area contributed by atoms with Crippen molar-refractivity contribution in [2.75, 3.05) is 19.6 Å². The van der Waals surface area contributed by atoms with E-state index in [0.29, 0.717) is 17.9 Å². The van der Waals surface area contributed by atoms with E-state index in [1.165, 1.54) is 11.1 Å². The van der Waals surface area contributed by atoms with Crippen LogP contribution in [0, 0.1) is 12.8 Å². The molecule has 2 fully saturated rings. The zero-order valence-corrected chi connectivity index (χ0v) is 11.7. The molecule has 1 aromatic rings. The number of carbonyl (C=O) groups excluding carboxylic acids is 1. The Hall–Kier alpha value is -1.35. The number of nitrogens with zero attached hydrogens (tertiary/aromatic N) is 1. The molecule has 0 radical (unpaired) electrons. The zero-order valence-electron chi connectivity index (χ0n) is 11.7. The van der Waals surface area contributed by atoms with Gasteiger partial charge in [0.1, 0.15) is 0 Å². The molecule has 0 spiro atoms. The van der Waals surface area contributed by atoms with Crippen molar-refractivity contribution in [3.63, 3.8) is 0 Å². The number of hydrogen-bond acceptors (Lipinski definition) is 2. The summed E-state index contributed by atoms with van der Waals surface area (Å²) in [6.45, 7) is 6.99. The Bertz CT molecular complexity index is 485. The minimum atomic E-state index is 0.224. The van der Waals surface area contributed by atoms with Crippen LogP contribution in [0.4, 0.5) is 0 Å². The molecule has 1 heterocycles. The first-order chi connectivity index (χ1) is 9.18. The van der Waals surface area contributed by atoms with Crippen LogP contribution in [-0.4, -0.2) is 36.5 Å². The summed E-state index contributed by atoms with van der Waals surface area (Å²) in [6, 6.07) is 8.79. The topological polar surface area (TPSA) is 32.3 Å². The van der Waals surface area contributed by atoms with Crippen LogP contribution in [0.2, 0.25) is 0 Å². The first-order valence-electron chi connectivity index (χ1n) is 7.25. The van der Waals surface area contributed by atoms with Crippen LogP contribution in [-0.2, 0) is 4.79 Å². The van der Waals surface area contributed by atoms with Gasteiger partial charge in [-0.25, -0.2) is 0 Å². The molecule has 2 aliphatic rings. The van der Waals surface area contributed by atoms with Gasteiger partial charge in [0.05, 0.1) is 0 Å². The number of piperazine rings is 1. The highest BCUT2D eigenvalue weighted by atomic mass is 16.2. The molecule has 1 saturated carbocycles. The predicted molar refractivity (Wildman–Crippen MR) is 76.1 cm³/mol. The third-order valence-electron chi connectivity index (χ3n) is 4.48. The summed E-state index contributed by atoms with van der Waals surface area (Å²) in [6.07, 6.45) is 1.03. The van der Waals surface area contributed by atoms with Crippen molar-refractivity contribution in [1.82, 2.24) is 10.2 Å². The van der Waals surface area contributed by atoms with Gasteiger partial charge in [-0.3, -0.25) is 4.79 Å². The summed E-state index contributed by atoms with van der Waals surface area (Å²) in [7, 11) is 0. The Balaban J connectivity index is 1.69. The van der Waals surface area contributed by atoms with Crippen molar-refractivity contribution in [3.05, 3.63) is 35.4 Å². The van der Waals surface area contributed by atoms with E-state index < -0.39 is 0 Å². The molecule has 3 nitrogen and oxygen atoms in total. The van der Waals surface area contributed by atoms with Crippen LogP contribution in [0.15, 0.2) is 24.3 Å². The lowest BCUT2D eigenvalue weighted by atomic mass is 10.0. The summed E-state index contributed by atoms with van der Waals surface area (Å²) in [5.41, 5.74) is 2.68. The second kappa shape index (κ2) is 4.97. The molecule has 1 saturated heterocycles. The molecule has 3 atom stereocenters. The third kappa shape index (κ3) is 2.39. The van der Waals surface area contributed by atoms with Gasteiger partial charge < -0.3 is 10.2 Å². The molecule has 0 bridgehead atoms. The van der Waals surface area contributed by atoms with Gasteiger partial charge in [-0.2, -0.15) is 0 Å². The van der Waals surface area contributed by atoms with Gasteiger partial charge in [-0.1, -0.05) is 24.3 Å². The van der Waals surface area contributed by atoms with Crippen LogP contribution in [0.1, 0.15) is 30.4 Å². The SMILES string of the molecule is Cc1ccccc1C1CC1C(=O)N1CCNCC1C. The summed E-state index contributed by atoms with van der Waals surface area (Å²) in [5.74, 6) is 1.04. The minimum Gasteiger partial charge on any atom is -0.337 e. The van der Waals surface area contributed by atoms with E-state index in [9.17, 15) is 4.79 Å². The smallest absolute Gasteiger partial charge is 0.226 e. The Kier molecular flexibility index (Phi) is 3.31. The molecule has 102 valence electrons. The van der Waals surface area contributed by atoms with Crippen LogP contribution in [0.3, 0.4) is 0 Å². The summed E-state index contributed by atoms with van der Waals surface area (Å²) in [4.78, 5) is 14.6. The number of amides is 1. The van der Waals surface area contributed by atoms with E-state index in [1.54, 1.807) is 0 Å². The van der Waals surface area contributed by atoms with Gasteiger partial charge in [0.25, 0.3) is 0 Å². The van der Waals surface area contributed by atoms with Crippen LogP contribution < -0.4 is 5.32 Å². The predicted octanol–water partition coefficient (Wildman–Crippen LogP) is 1.92. The molecular weight excluding hydrogens is 236 g/mol. The number of rotatable bonds is 2. The van der Waals surface area contributed by atoms with Gasteiger partial charge in [0.15, 0.2) is 0 Å². The van der Waals surface area contributed by atoms with Gasteiger partial charge in [0.2, 0.25) is 5.91 Å². The molecule has 3 rings (SSSR count). The van der Waals surface area contributed by atoms with Crippen molar-refractivity contribution in [2.24, 2.45) is 5.92 Å². The Labute approximate surface area is 115 Å². The van der Waals surface area contributed by atoms with E-state index in [1.807, 2.05) is 0 Å². The molecule has 1 aromatic carbocycles. The Morgan fingerprint density at radius 1 is 1.37 bits per heavy atom. The highest BCUT2D eigenvalue weighted by Crippen LogP contribution is 2.49. The van der Waals surface area contributed by atoms with Crippen LogP contribution in [0.5, 0.6) is 0 Å². The first kappa shape index (κ1) is 12.7. The van der Waals surface area contributed by atoms with Crippen molar-refractivity contribution >= 4 is 5.91 Å². The van der Waals surface area contributed by atoms with Crippen molar-refractivity contribution < 1.29 is 4.79 Å². The van der Waals surface area contributed by atoms with Gasteiger partial charge in [-0.05, 0) is 37.3 Å². The average molecular weight is 258 g/mol. The molecule has 1 aliphatic carbocycles. The summed E-state index contributed by atoms with van der Waals surface area (Å²) in [5, 5.41) is 3.34. The highest BCUT2D eigenvalue weighted by molar-refractivity contribution is 5.83. The summed E-state index contributed by atoms with van der Waals surface area (Å²) < 4.78 is 0. The summed E-state index contributed by atoms with van der Waals surface area (Å²) >= 11 is 0. The fourth-order valence-corrected chi connectivity index (χ4v) is 3.20. The maximum atomic E-state index is 12.6. The number of benzene rings is 1. The molecule has 0 aromatic heterocycles. The second-order valence-electron chi connectivity index (χ2n) is 5.89. The normalized spacial score (nSPS) is 30.2. The number of nitrogens with one attached hydrogen (secondary N) is 1. The second-order valence-corrected chi connectivity index (χ2v) is 5.89. The van der Waals surface area contributed by atoms with Crippen LogP contribution in [0.25, 0.3) is 0 Å². The van der Waals surface area contributed by atoms with E-state index in [4.69, 9.17) is 0 Å². The average Bonchev–Trinajstić information content (AvgIpc) is 3.19. The number of aryl methyl sites for hydroxylation is 1. The quantitative estimate of drug-likeness (QED) is 0.879. The Morgan fingerprint density at radius 3 is 2.89 bits per heavy atom. The van der Waals surface area contributed by atoms with E-state index in [2.05, 4.69) is 48.3 Å². The Morgan fingerprint density at radius 2 is 2.16 bits per heavy atom. The van der Waals surface area contributed by atoms with Gasteiger partial charge >= 0.3 is 0 Å². The molecule has 3 unspecified atom stereocenters. The standard InChI is InChI=1S/C16H22N2O/c1-11-5-3-4-6-13(11)14-9-15(14)16(19)18-8-7-17-10-12(18)2/h3-6,12,14-15,17H,7-10H2,1-2H3. The van der Waals surface area contributed by atoms with Gasteiger partial charge in [0, 0.05) is 31.6 Å². The molecule has 1 aliphatic heterocycles. The molecular formula is C16H22N2O. The van der Waals surface area contributed by atoms with E-state index >= 15 is 0 Å². The first-order valence-corrected chi connectivity index (χ1v) is 7.25. The highest BCUT2D eigenvalue weighted by Gasteiger charge is 2.47. The minimum absolute atomic E-state index is 0.224. The lowest BCUT2D eigenvalue weighted by Gasteiger charge is -2.34. The largest absolute Gasteiger partial charge is 0.337 e. The monoisotopic (exact) mass is 258 g/mol. The molecule has 19 heavy (non-hydrogen) atoms. The van der Waals surface area contributed by atoms with Crippen molar-refractivity contribution in [2.45, 2.75) is 32.2 Å². The number of hydrogen-bond donors (Lipinski definition) is 1.